The zero-order valence-corrected chi connectivity index (χ0v) is 18.2. The van der Waals surface area contributed by atoms with Crippen molar-refractivity contribution in [3.8, 4) is 5.75 Å². The van der Waals surface area contributed by atoms with Crippen molar-refractivity contribution < 1.29 is 23.9 Å². The summed E-state index contributed by atoms with van der Waals surface area (Å²) in [5, 5.41) is 2.78. The van der Waals surface area contributed by atoms with Crippen LogP contribution in [0.25, 0.3) is 0 Å². The maximum atomic E-state index is 12.3. The Hall–Kier alpha value is -3.15. The third-order valence-electron chi connectivity index (χ3n) is 4.56. The highest BCUT2D eigenvalue weighted by atomic mass is 16.6. The number of carbonyl (C=O) groups is 3. The van der Waals surface area contributed by atoms with Gasteiger partial charge in [0.25, 0.3) is 0 Å². The van der Waals surface area contributed by atoms with Crippen LogP contribution in [0.5, 0.6) is 5.75 Å². The minimum atomic E-state index is -0.608. The average Bonchev–Trinajstić information content (AvgIpc) is 2.69. The summed E-state index contributed by atoms with van der Waals surface area (Å²) in [6.07, 6.45) is 0. The molecule has 2 rings (SSSR count). The first-order valence-electron chi connectivity index (χ1n) is 9.86. The molecule has 0 unspecified atom stereocenters. The molecule has 0 fully saturated rings. The fourth-order valence-electron chi connectivity index (χ4n) is 2.97. The minimum Gasteiger partial charge on any atom is -0.482 e. The highest BCUT2D eigenvalue weighted by molar-refractivity contribution is 5.98. The van der Waals surface area contributed by atoms with Crippen molar-refractivity contribution in [3.05, 3.63) is 65.2 Å². The zero-order chi connectivity index (χ0) is 22.3. The van der Waals surface area contributed by atoms with Crippen molar-refractivity contribution in [1.82, 2.24) is 5.32 Å². The first-order chi connectivity index (χ1) is 14.1. The minimum absolute atomic E-state index is 0.123. The number of benzene rings is 2. The number of carbonyl (C=O) groups excluding carboxylic acids is 3. The van der Waals surface area contributed by atoms with Gasteiger partial charge in [0, 0.05) is 12.5 Å². The van der Waals surface area contributed by atoms with Crippen molar-refractivity contribution in [2.45, 2.75) is 46.1 Å². The van der Waals surface area contributed by atoms with Gasteiger partial charge in [-0.1, -0.05) is 63.2 Å². The molecule has 0 bridgehead atoms. The van der Waals surface area contributed by atoms with Crippen molar-refractivity contribution in [3.63, 3.8) is 0 Å². The third kappa shape index (κ3) is 6.72. The van der Waals surface area contributed by atoms with Crippen LogP contribution in [0.1, 0.15) is 62.1 Å². The molecule has 0 saturated carbocycles. The molecule has 30 heavy (non-hydrogen) atoms. The van der Waals surface area contributed by atoms with Crippen molar-refractivity contribution in [2.24, 2.45) is 0 Å². The predicted octanol–water partition coefficient (Wildman–Crippen LogP) is 3.99. The molecule has 1 amide bonds. The van der Waals surface area contributed by atoms with Gasteiger partial charge < -0.3 is 14.8 Å². The molecule has 0 aliphatic carbocycles. The summed E-state index contributed by atoms with van der Waals surface area (Å²) < 4.78 is 10.7. The van der Waals surface area contributed by atoms with Crippen LogP contribution in [-0.2, 0) is 19.7 Å². The second kappa shape index (κ2) is 10.1. The standard InChI is InChI=1S/C24H29NO5/c1-16(25-17(2)26)18-10-12-19(13-11-18)21(27)14-30-23(28)15-29-22-9-7-6-8-20(22)24(3,4)5/h6-13,16H,14-15H2,1-5H3,(H,25,26)/t16-/m0/s1. The molecule has 0 spiro atoms. The van der Waals surface area contributed by atoms with Crippen LogP contribution < -0.4 is 10.1 Å². The van der Waals surface area contributed by atoms with Crippen molar-refractivity contribution in [2.75, 3.05) is 13.2 Å². The Morgan fingerprint density at radius 2 is 1.60 bits per heavy atom. The summed E-state index contributed by atoms with van der Waals surface area (Å²) in [4.78, 5) is 35.4. The molecule has 0 aromatic heterocycles. The lowest BCUT2D eigenvalue weighted by Gasteiger charge is -2.22. The Morgan fingerprint density at radius 1 is 0.967 bits per heavy atom. The van der Waals surface area contributed by atoms with E-state index in [1.807, 2.05) is 31.2 Å². The molecule has 1 N–H and O–H groups in total. The number of hydrogen-bond donors (Lipinski definition) is 1. The lowest BCUT2D eigenvalue weighted by molar-refractivity contribution is -0.144. The molecule has 6 heteroatoms. The molecule has 0 aliphatic rings. The molecular formula is C24H29NO5. The number of nitrogens with one attached hydrogen (secondary N) is 1. The van der Waals surface area contributed by atoms with E-state index in [1.54, 1.807) is 24.3 Å². The lowest BCUT2D eigenvalue weighted by atomic mass is 9.86. The van der Waals surface area contributed by atoms with Gasteiger partial charge in [0.05, 0.1) is 6.04 Å². The number of hydrogen-bond acceptors (Lipinski definition) is 5. The quantitative estimate of drug-likeness (QED) is 0.525. The molecule has 160 valence electrons. The Morgan fingerprint density at radius 3 is 2.20 bits per heavy atom. The maximum Gasteiger partial charge on any atom is 0.344 e. The van der Waals surface area contributed by atoms with E-state index >= 15 is 0 Å². The Balaban J connectivity index is 1.87. The number of amides is 1. The van der Waals surface area contributed by atoms with Crippen molar-refractivity contribution in [1.29, 1.82) is 0 Å². The maximum absolute atomic E-state index is 12.3. The molecule has 1 atom stereocenters. The van der Waals surface area contributed by atoms with Crippen LogP contribution >= 0.6 is 0 Å². The van der Waals surface area contributed by atoms with Gasteiger partial charge in [-0.2, -0.15) is 0 Å². The summed E-state index contributed by atoms with van der Waals surface area (Å²) in [5.74, 6) is -0.417. The van der Waals surface area contributed by atoms with Crippen LogP contribution in [-0.4, -0.2) is 30.9 Å². The smallest absolute Gasteiger partial charge is 0.344 e. The molecule has 0 aliphatic heterocycles. The third-order valence-corrected chi connectivity index (χ3v) is 4.56. The first kappa shape index (κ1) is 23.1. The first-order valence-corrected chi connectivity index (χ1v) is 9.86. The van der Waals surface area contributed by atoms with Crippen LogP contribution in [0.4, 0.5) is 0 Å². The molecule has 0 saturated heterocycles. The van der Waals surface area contributed by atoms with Gasteiger partial charge in [-0.3, -0.25) is 9.59 Å². The number of ether oxygens (including phenoxy) is 2. The Kier molecular flexibility index (Phi) is 7.75. The van der Waals surface area contributed by atoms with Gasteiger partial charge in [-0.25, -0.2) is 4.79 Å². The van der Waals surface area contributed by atoms with E-state index in [4.69, 9.17) is 9.47 Å². The van der Waals surface area contributed by atoms with Gasteiger partial charge in [0.15, 0.2) is 19.0 Å². The normalized spacial score (nSPS) is 12.0. The van der Waals surface area contributed by atoms with E-state index in [2.05, 4.69) is 26.1 Å². The number of para-hydroxylation sites is 1. The number of esters is 1. The van der Waals surface area contributed by atoms with E-state index in [0.717, 1.165) is 11.1 Å². The number of Topliss-reactive ketones (excluding diaryl/α,β-unsaturated/α-hetero) is 1. The summed E-state index contributed by atoms with van der Waals surface area (Å²) in [6.45, 7) is 8.88. The average molecular weight is 411 g/mol. The van der Waals surface area contributed by atoms with Gasteiger partial charge in [0.2, 0.25) is 5.91 Å². The highest BCUT2D eigenvalue weighted by Crippen LogP contribution is 2.30. The molecule has 2 aromatic rings. The Bertz CT molecular complexity index is 897. The van der Waals surface area contributed by atoms with Gasteiger partial charge in [-0.15, -0.1) is 0 Å². The molecule has 0 heterocycles. The van der Waals surface area contributed by atoms with E-state index in [0.29, 0.717) is 11.3 Å². The van der Waals surface area contributed by atoms with E-state index in [1.165, 1.54) is 6.92 Å². The Labute approximate surface area is 177 Å². The summed E-state index contributed by atoms with van der Waals surface area (Å²) >= 11 is 0. The van der Waals surface area contributed by atoms with Crippen LogP contribution in [0.3, 0.4) is 0 Å². The fraction of sp³-hybridized carbons (Fsp3) is 0.375. The summed E-state index contributed by atoms with van der Waals surface area (Å²) in [7, 11) is 0. The van der Waals surface area contributed by atoms with E-state index in [9.17, 15) is 14.4 Å². The molecule has 6 nitrogen and oxygen atoms in total. The molecule has 2 aromatic carbocycles. The zero-order valence-electron chi connectivity index (χ0n) is 18.2. The van der Waals surface area contributed by atoms with Crippen LogP contribution in [0, 0.1) is 0 Å². The van der Waals surface area contributed by atoms with Crippen LogP contribution in [0.15, 0.2) is 48.5 Å². The van der Waals surface area contributed by atoms with Gasteiger partial charge in [0.1, 0.15) is 5.75 Å². The summed E-state index contributed by atoms with van der Waals surface area (Å²) in [5.41, 5.74) is 2.17. The second-order valence-corrected chi connectivity index (χ2v) is 8.16. The predicted molar refractivity (Wildman–Crippen MR) is 115 cm³/mol. The highest BCUT2D eigenvalue weighted by Gasteiger charge is 2.19. The van der Waals surface area contributed by atoms with E-state index < -0.39 is 5.97 Å². The SMILES string of the molecule is CC(=O)N[C@@H](C)c1ccc(C(=O)COC(=O)COc2ccccc2C(C)(C)C)cc1. The summed E-state index contributed by atoms with van der Waals surface area (Å²) in [6, 6.07) is 14.2. The van der Waals surface area contributed by atoms with Gasteiger partial charge in [-0.05, 0) is 29.5 Å². The van der Waals surface area contributed by atoms with Crippen molar-refractivity contribution >= 4 is 17.7 Å². The topological polar surface area (TPSA) is 81.7 Å². The lowest BCUT2D eigenvalue weighted by Crippen LogP contribution is -2.23. The number of ketones is 1. The van der Waals surface area contributed by atoms with E-state index in [-0.39, 0.29) is 36.4 Å². The monoisotopic (exact) mass is 411 g/mol. The largest absolute Gasteiger partial charge is 0.482 e. The fourth-order valence-corrected chi connectivity index (χ4v) is 2.97. The second-order valence-electron chi connectivity index (χ2n) is 8.16. The number of rotatable bonds is 8. The van der Waals surface area contributed by atoms with Gasteiger partial charge >= 0.3 is 5.97 Å². The van der Waals surface area contributed by atoms with Crippen LogP contribution in [0.2, 0.25) is 0 Å². The molecule has 0 radical (unpaired) electrons. The molecular weight excluding hydrogens is 382 g/mol.